The molecule has 0 unspecified atom stereocenters. The van der Waals surface area contributed by atoms with Crippen molar-refractivity contribution in [2.45, 2.75) is 0 Å². The van der Waals surface area contributed by atoms with Gasteiger partial charge in [0.15, 0.2) is 0 Å². The van der Waals surface area contributed by atoms with Crippen LogP contribution in [0.2, 0.25) is 0 Å². The molecule has 62 heavy (non-hydrogen) atoms. The summed E-state index contributed by atoms with van der Waals surface area (Å²) in [6.07, 6.45) is 0. The first-order valence-corrected chi connectivity index (χ1v) is 21.2. The third-order valence-electron chi connectivity index (χ3n) is 12.4. The molecule has 2 nitrogen and oxygen atoms in total. The Morgan fingerprint density at radius 1 is 0.242 bits per heavy atom. The molecule has 0 bridgehead atoms. The van der Waals surface area contributed by atoms with E-state index < -0.39 is 0 Å². The number of rotatable bonds is 7. The van der Waals surface area contributed by atoms with Gasteiger partial charge in [-0.15, -0.1) is 0 Å². The van der Waals surface area contributed by atoms with E-state index in [1.807, 2.05) is 0 Å². The van der Waals surface area contributed by atoms with Gasteiger partial charge in [-0.1, -0.05) is 182 Å². The third-order valence-corrected chi connectivity index (χ3v) is 12.4. The van der Waals surface area contributed by atoms with Crippen molar-refractivity contribution in [2.24, 2.45) is 0 Å². The van der Waals surface area contributed by atoms with E-state index in [4.69, 9.17) is 4.42 Å². The predicted octanol–water partition coefficient (Wildman–Crippen LogP) is 16.7. The molecular weight excluding hydrogens is 751 g/mol. The Kier molecular flexibility index (Phi) is 8.53. The van der Waals surface area contributed by atoms with Crippen LogP contribution in [0.15, 0.2) is 241 Å². The lowest BCUT2D eigenvalue weighted by atomic mass is 9.91. The number of hydrogen-bond acceptors (Lipinski definition) is 1. The van der Waals surface area contributed by atoms with E-state index in [1.165, 1.54) is 44.1 Å². The van der Waals surface area contributed by atoms with Crippen molar-refractivity contribution < 1.29 is 4.42 Å². The highest BCUT2D eigenvalue weighted by atomic mass is 16.3. The van der Waals surface area contributed by atoms with E-state index in [0.717, 1.165) is 72.1 Å². The summed E-state index contributed by atoms with van der Waals surface area (Å²) < 4.78 is 9.37. The minimum Gasteiger partial charge on any atom is -0.455 e. The zero-order valence-electron chi connectivity index (χ0n) is 33.9. The van der Waals surface area contributed by atoms with Crippen LogP contribution in [0, 0.1) is 0 Å². The van der Waals surface area contributed by atoms with Gasteiger partial charge in [0.1, 0.15) is 11.2 Å². The fourth-order valence-corrected chi connectivity index (χ4v) is 9.36. The fraction of sp³-hybridized carbons (Fsp3) is 0. The number of furan rings is 1. The molecule has 0 fully saturated rings. The third kappa shape index (κ3) is 6.12. The maximum Gasteiger partial charge on any atom is 0.143 e. The molecule has 2 heteroatoms. The van der Waals surface area contributed by atoms with Gasteiger partial charge in [0, 0.05) is 38.4 Å². The van der Waals surface area contributed by atoms with Gasteiger partial charge in [0.2, 0.25) is 0 Å². The molecule has 10 aromatic carbocycles. The lowest BCUT2D eigenvalue weighted by Gasteiger charge is -2.13. The molecule has 0 aliphatic carbocycles. The van der Waals surface area contributed by atoms with E-state index in [2.05, 4.69) is 241 Å². The molecule has 12 rings (SSSR count). The molecular formula is C60H39NO. The molecule has 12 aromatic rings. The molecule has 0 spiro atoms. The van der Waals surface area contributed by atoms with Crippen molar-refractivity contribution in [3.05, 3.63) is 237 Å². The van der Waals surface area contributed by atoms with Gasteiger partial charge in [-0.05, 0) is 110 Å². The zero-order chi connectivity index (χ0) is 41.0. The van der Waals surface area contributed by atoms with Gasteiger partial charge in [-0.2, -0.15) is 0 Å². The van der Waals surface area contributed by atoms with Crippen molar-refractivity contribution in [1.82, 2.24) is 4.57 Å². The van der Waals surface area contributed by atoms with Crippen LogP contribution >= 0.6 is 0 Å². The Balaban J connectivity index is 1.07. The van der Waals surface area contributed by atoms with Gasteiger partial charge < -0.3 is 8.98 Å². The molecule has 2 heterocycles. The van der Waals surface area contributed by atoms with Gasteiger partial charge in [0.05, 0.1) is 11.0 Å². The molecule has 290 valence electrons. The minimum absolute atomic E-state index is 0.892. The summed E-state index contributed by atoms with van der Waals surface area (Å²) in [6, 6.07) is 85.3. The normalized spacial score (nSPS) is 11.5. The summed E-state index contributed by atoms with van der Waals surface area (Å²) in [4.78, 5) is 0. The molecule has 0 aliphatic rings. The van der Waals surface area contributed by atoms with Gasteiger partial charge >= 0.3 is 0 Å². The van der Waals surface area contributed by atoms with Gasteiger partial charge in [-0.25, -0.2) is 0 Å². The van der Waals surface area contributed by atoms with Gasteiger partial charge in [-0.3, -0.25) is 0 Å². The first-order valence-electron chi connectivity index (χ1n) is 21.2. The van der Waals surface area contributed by atoms with Crippen molar-refractivity contribution in [3.63, 3.8) is 0 Å². The molecule has 0 amide bonds. The highest BCUT2D eigenvalue weighted by Crippen LogP contribution is 2.43. The summed E-state index contributed by atoms with van der Waals surface area (Å²) in [5, 5.41) is 4.66. The summed E-state index contributed by atoms with van der Waals surface area (Å²) in [5.41, 5.74) is 19.1. The second-order valence-corrected chi connectivity index (χ2v) is 16.1. The topological polar surface area (TPSA) is 18.1 Å². The average molecular weight is 790 g/mol. The van der Waals surface area contributed by atoms with Crippen LogP contribution in [0.3, 0.4) is 0 Å². The van der Waals surface area contributed by atoms with Crippen LogP contribution in [0.4, 0.5) is 0 Å². The first kappa shape index (κ1) is 35.7. The Morgan fingerprint density at radius 3 is 1.18 bits per heavy atom. The minimum atomic E-state index is 0.892. The smallest absolute Gasteiger partial charge is 0.143 e. The monoisotopic (exact) mass is 789 g/mol. The maximum absolute atomic E-state index is 6.97. The number of hydrogen-bond donors (Lipinski definition) is 0. The Labute approximate surface area is 360 Å². The van der Waals surface area contributed by atoms with Crippen LogP contribution < -0.4 is 0 Å². The van der Waals surface area contributed by atoms with Gasteiger partial charge in [0.25, 0.3) is 0 Å². The molecule has 0 radical (unpaired) electrons. The number of nitrogens with zero attached hydrogens (tertiary/aromatic N) is 1. The van der Waals surface area contributed by atoms with Crippen LogP contribution in [-0.4, -0.2) is 4.57 Å². The van der Waals surface area contributed by atoms with Crippen molar-refractivity contribution in [2.75, 3.05) is 0 Å². The SMILES string of the molecule is c1ccc(-c2ccc(-c3cc(-c4ccc5c(c4)c4cc(-c6ccccc6)ccc4n5-c4ccccc4)cc(-c4cccc5c4oc4c(-c6ccccc6)cccc45)c3)cc2)cc1. The lowest BCUT2D eigenvalue weighted by molar-refractivity contribution is 0.671. The highest BCUT2D eigenvalue weighted by Gasteiger charge is 2.19. The van der Waals surface area contributed by atoms with E-state index in [0.29, 0.717) is 0 Å². The summed E-state index contributed by atoms with van der Waals surface area (Å²) >= 11 is 0. The number of aromatic nitrogens is 1. The molecule has 0 saturated heterocycles. The number of para-hydroxylation sites is 3. The quantitative estimate of drug-likeness (QED) is 0.157. The summed E-state index contributed by atoms with van der Waals surface area (Å²) in [6.45, 7) is 0. The fourth-order valence-electron chi connectivity index (χ4n) is 9.36. The zero-order valence-corrected chi connectivity index (χ0v) is 33.9. The Morgan fingerprint density at radius 2 is 0.629 bits per heavy atom. The number of benzene rings is 10. The average Bonchev–Trinajstić information content (AvgIpc) is 3.90. The second-order valence-electron chi connectivity index (χ2n) is 16.1. The van der Waals surface area contributed by atoms with Crippen molar-refractivity contribution >= 4 is 43.7 Å². The first-order chi connectivity index (χ1) is 30.7. The summed E-state index contributed by atoms with van der Waals surface area (Å²) in [7, 11) is 0. The Hall–Kier alpha value is -8.20. The predicted molar refractivity (Wildman–Crippen MR) is 261 cm³/mol. The lowest BCUT2D eigenvalue weighted by Crippen LogP contribution is -1.93. The molecule has 0 aliphatic heterocycles. The van der Waals surface area contributed by atoms with Crippen molar-refractivity contribution in [3.8, 4) is 72.4 Å². The molecule has 0 saturated carbocycles. The van der Waals surface area contributed by atoms with Crippen molar-refractivity contribution in [1.29, 1.82) is 0 Å². The second kappa shape index (κ2) is 14.8. The number of fused-ring (bicyclic) bond motifs is 6. The van der Waals surface area contributed by atoms with E-state index in [-0.39, 0.29) is 0 Å². The standard InChI is InChI=1S/C60H39NO/c1-5-15-40(16-6-1)42-27-29-43(30-28-42)47-35-48(37-49(36-47)52-24-14-26-54-53-25-13-23-51(59(53)62-60(52)54)44-19-9-3-10-20-44)46-32-34-58-56(39-46)55-38-45(41-17-7-2-8-18-41)31-33-57(55)61(58)50-21-11-4-12-22-50/h1-39H. The van der Waals surface area contributed by atoms with Crippen LogP contribution in [0.1, 0.15) is 0 Å². The molecule has 0 N–H and O–H groups in total. The van der Waals surface area contributed by atoms with E-state index in [1.54, 1.807) is 0 Å². The van der Waals surface area contributed by atoms with E-state index in [9.17, 15) is 0 Å². The highest BCUT2D eigenvalue weighted by molar-refractivity contribution is 6.14. The maximum atomic E-state index is 6.97. The summed E-state index contributed by atoms with van der Waals surface area (Å²) in [5.74, 6) is 0. The van der Waals surface area contributed by atoms with Crippen LogP contribution in [-0.2, 0) is 0 Å². The van der Waals surface area contributed by atoms with Crippen LogP contribution in [0.25, 0.3) is 116 Å². The largest absolute Gasteiger partial charge is 0.455 e. The van der Waals surface area contributed by atoms with Crippen LogP contribution in [0.5, 0.6) is 0 Å². The Bertz CT molecular complexity index is 3580. The van der Waals surface area contributed by atoms with E-state index >= 15 is 0 Å². The molecule has 0 atom stereocenters. The molecule has 2 aromatic heterocycles.